The van der Waals surface area contributed by atoms with Gasteiger partial charge in [0, 0.05) is 30.1 Å². The van der Waals surface area contributed by atoms with Crippen LogP contribution in [-0.2, 0) is 5.92 Å². The van der Waals surface area contributed by atoms with Gasteiger partial charge in [-0.1, -0.05) is 11.6 Å². The fourth-order valence-electron chi connectivity index (χ4n) is 3.00. The van der Waals surface area contributed by atoms with E-state index < -0.39 is 17.3 Å². The lowest BCUT2D eigenvalue weighted by Gasteiger charge is -2.11. The van der Waals surface area contributed by atoms with Crippen molar-refractivity contribution >= 4 is 33.6 Å². The number of benzene rings is 2. The van der Waals surface area contributed by atoms with Crippen LogP contribution in [0.2, 0.25) is 0 Å². The van der Waals surface area contributed by atoms with Crippen LogP contribution in [0.5, 0.6) is 0 Å². The summed E-state index contributed by atoms with van der Waals surface area (Å²) in [6.45, 7) is 2.62. The number of hydrogen-bond donors (Lipinski definition) is 3. The number of nitrogens with two attached hydrogens (primary N) is 1. The van der Waals surface area contributed by atoms with Crippen molar-refractivity contribution in [3.8, 4) is 0 Å². The van der Waals surface area contributed by atoms with Crippen molar-refractivity contribution in [2.24, 2.45) is 0 Å². The molecule has 0 amide bonds. The van der Waals surface area contributed by atoms with Crippen LogP contribution in [0.15, 0.2) is 36.5 Å². The Labute approximate surface area is 146 Å². The Balaban J connectivity index is 1.81. The number of rotatable bonds is 3. The van der Waals surface area contributed by atoms with E-state index in [1.165, 1.54) is 0 Å². The predicted octanol–water partition coefficient (Wildman–Crippen LogP) is 4.53. The van der Waals surface area contributed by atoms with Crippen molar-refractivity contribution in [1.82, 2.24) is 14.6 Å². The third-order valence-corrected chi connectivity index (χ3v) is 4.33. The number of anilines is 2. The molecule has 5 nitrogen and oxygen atoms in total. The normalized spacial score (nSPS) is 12.2. The van der Waals surface area contributed by atoms with Crippen LogP contribution in [0, 0.1) is 12.7 Å². The zero-order valence-corrected chi connectivity index (χ0v) is 14.1. The molecule has 0 aliphatic rings. The molecule has 2 aromatic carbocycles. The lowest BCUT2D eigenvalue weighted by molar-refractivity contribution is 0.0139. The Hall–Kier alpha value is -3.16. The highest BCUT2D eigenvalue weighted by Gasteiger charge is 2.29. The maximum Gasteiger partial charge on any atom is 0.273 e. The number of nitrogen functional groups attached to an aromatic ring is 1. The average molecular weight is 359 g/mol. The summed E-state index contributed by atoms with van der Waals surface area (Å²) < 4.78 is 42.3. The number of aromatic amines is 1. The lowest BCUT2D eigenvalue weighted by Crippen LogP contribution is -2.13. The van der Waals surface area contributed by atoms with Gasteiger partial charge in [0.25, 0.3) is 5.92 Å². The minimum Gasteiger partial charge on any atom is -0.359 e. The number of hydrogen-bond acceptors (Lipinski definition) is 3. The molecule has 0 saturated carbocycles. The summed E-state index contributed by atoms with van der Waals surface area (Å²) in [4.78, 5) is 7.37. The van der Waals surface area contributed by atoms with Gasteiger partial charge < -0.3 is 16.1 Å². The second-order valence-corrected chi connectivity index (χ2v) is 6.39. The molecule has 0 saturated heterocycles. The quantitative estimate of drug-likeness (QED) is 0.471. The Morgan fingerprint density at radius 2 is 2.00 bits per heavy atom. The SMILES string of the molecule is Cc1ccc2[nH]cc(Nc3nc4cc(C(C)(F)F)c(F)cc4n3N)c2c1. The van der Waals surface area contributed by atoms with Crippen molar-refractivity contribution in [2.45, 2.75) is 19.8 Å². The van der Waals surface area contributed by atoms with E-state index in [2.05, 4.69) is 15.3 Å². The second kappa shape index (κ2) is 5.42. The third-order valence-electron chi connectivity index (χ3n) is 4.33. The Kier molecular flexibility index (Phi) is 3.40. The van der Waals surface area contributed by atoms with Gasteiger partial charge in [-0.15, -0.1) is 0 Å². The van der Waals surface area contributed by atoms with Gasteiger partial charge in [0.2, 0.25) is 5.95 Å². The zero-order chi connectivity index (χ0) is 18.6. The molecular formula is C18H16F3N5. The fraction of sp³-hybridized carbons (Fsp3) is 0.167. The number of alkyl halides is 2. The van der Waals surface area contributed by atoms with E-state index >= 15 is 0 Å². The first-order chi connectivity index (χ1) is 12.2. The van der Waals surface area contributed by atoms with E-state index in [-0.39, 0.29) is 17.0 Å². The van der Waals surface area contributed by atoms with Gasteiger partial charge in [-0.2, -0.15) is 0 Å². The van der Waals surface area contributed by atoms with Gasteiger partial charge in [0.05, 0.1) is 22.3 Å². The van der Waals surface area contributed by atoms with E-state index in [1.807, 2.05) is 25.1 Å². The first-order valence-electron chi connectivity index (χ1n) is 7.94. The first kappa shape index (κ1) is 16.3. The highest BCUT2D eigenvalue weighted by Crippen LogP contribution is 2.33. The molecule has 0 bridgehead atoms. The van der Waals surface area contributed by atoms with Crippen molar-refractivity contribution in [3.05, 3.63) is 53.5 Å². The second-order valence-electron chi connectivity index (χ2n) is 6.39. The molecule has 26 heavy (non-hydrogen) atoms. The van der Waals surface area contributed by atoms with Crippen molar-refractivity contribution in [3.63, 3.8) is 0 Å². The molecular weight excluding hydrogens is 343 g/mol. The molecule has 134 valence electrons. The molecule has 4 aromatic rings. The monoisotopic (exact) mass is 359 g/mol. The van der Waals surface area contributed by atoms with Crippen LogP contribution in [0.1, 0.15) is 18.1 Å². The first-order valence-corrected chi connectivity index (χ1v) is 7.94. The van der Waals surface area contributed by atoms with E-state index in [9.17, 15) is 13.2 Å². The maximum atomic E-state index is 14.0. The van der Waals surface area contributed by atoms with Crippen molar-refractivity contribution in [1.29, 1.82) is 0 Å². The standard InChI is InChI=1S/C18H16F3N5/c1-9-3-4-13-10(5-9)15(8-23-13)25-17-24-14-6-11(18(2,20)21)12(19)7-16(14)26(17)22/h3-8,23H,22H2,1-2H3,(H,24,25). The summed E-state index contributed by atoms with van der Waals surface area (Å²) in [6, 6.07) is 7.92. The zero-order valence-electron chi connectivity index (χ0n) is 14.1. The molecule has 0 aliphatic carbocycles. The fourth-order valence-corrected chi connectivity index (χ4v) is 3.00. The number of nitrogens with one attached hydrogen (secondary N) is 2. The molecule has 2 aromatic heterocycles. The number of aryl methyl sites for hydroxylation is 1. The van der Waals surface area contributed by atoms with E-state index in [0.717, 1.165) is 39.0 Å². The van der Waals surface area contributed by atoms with Crippen LogP contribution in [0.3, 0.4) is 0 Å². The topological polar surface area (TPSA) is 71.7 Å². The Morgan fingerprint density at radius 1 is 1.23 bits per heavy atom. The van der Waals surface area contributed by atoms with E-state index in [1.54, 1.807) is 6.20 Å². The minimum atomic E-state index is -3.31. The molecule has 0 atom stereocenters. The number of H-pyrrole nitrogens is 1. The minimum absolute atomic E-state index is 0.184. The van der Waals surface area contributed by atoms with Gasteiger partial charge in [-0.25, -0.2) is 22.8 Å². The number of aromatic nitrogens is 3. The highest BCUT2D eigenvalue weighted by atomic mass is 19.3. The molecule has 0 fully saturated rings. The third kappa shape index (κ3) is 2.54. The van der Waals surface area contributed by atoms with Crippen LogP contribution in [-0.4, -0.2) is 14.6 Å². The highest BCUT2D eigenvalue weighted by molar-refractivity contribution is 5.94. The summed E-state index contributed by atoms with van der Waals surface area (Å²) >= 11 is 0. The summed E-state index contributed by atoms with van der Waals surface area (Å²) in [7, 11) is 0. The van der Waals surface area contributed by atoms with E-state index in [4.69, 9.17) is 5.84 Å². The molecule has 4 N–H and O–H groups in total. The number of halogens is 3. The van der Waals surface area contributed by atoms with Crippen molar-refractivity contribution < 1.29 is 13.2 Å². The average Bonchev–Trinajstić information content (AvgIpc) is 3.08. The summed E-state index contributed by atoms with van der Waals surface area (Å²) in [5.41, 5.74) is 2.43. The smallest absolute Gasteiger partial charge is 0.273 e. The van der Waals surface area contributed by atoms with Crippen LogP contribution in [0.4, 0.5) is 24.8 Å². The predicted molar refractivity (Wildman–Crippen MR) is 95.7 cm³/mol. The Morgan fingerprint density at radius 3 is 2.73 bits per heavy atom. The van der Waals surface area contributed by atoms with Gasteiger partial charge in [-0.05, 0) is 25.1 Å². The molecule has 0 spiro atoms. The molecule has 0 unspecified atom stereocenters. The summed E-state index contributed by atoms with van der Waals surface area (Å²) in [5.74, 6) is 1.88. The van der Waals surface area contributed by atoms with Crippen molar-refractivity contribution in [2.75, 3.05) is 11.2 Å². The largest absolute Gasteiger partial charge is 0.359 e. The van der Waals surface area contributed by atoms with Crippen LogP contribution >= 0.6 is 0 Å². The molecule has 2 heterocycles. The number of fused-ring (bicyclic) bond motifs is 2. The van der Waals surface area contributed by atoms with Gasteiger partial charge in [-0.3, -0.25) is 0 Å². The van der Waals surface area contributed by atoms with Gasteiger partial charge >= 0.3 is 0 Å². The van der Waals surface area contributed by atoms with Crippen LogP contribution in [0.25, 0.3) is 21.9 Å². The van der Waals surface area contributed by atoms with Gasteiger partial charge in [0.15, 0.2) is 0 Å². The molecule has 0 aliphatic heterocycles. The van der Waals surface area contributed by atoms with Gasteiger partial charge in [0.1, 0.15) is 5.82 Å². The maximum absolute atomic E-state index is 14.0. The molecule has 0 radical (unpaired) electrons. The summed E-state index contributed by atoms with van der Waals surface area (Å²) in [6.07, 6.45) is 1.76. The number of imidazole rings is 1. The Bertz CT molecular complexity index is 1140. The lowest BCUT2D eigenvalue weighted by atomic mass is 10.1. The van der Waals surface area contributed by atoms with E-state index in [0.29, 0.717) is 6.92 Å². The molecule has 8 heteroatoms. The molecule has 4 rings (SSSR count). The van der Waals surface area contributed by atoms with Crippen LogP contribution < -0.4 is 11.2 Å². The number of nitrogens with zero attached hydrogens (tertiary/aromatic N) is 2. The summed E-state index contributed by atoms with van der Waals surface area (Å²) in [5, 5.41) is 4.01.